The average Bonchev–Trinajstić information content (AvgIpc) is 2.58. The topological polar surface area (TPSA) is 54.2 Å². The Morgan fingerprint density at radius 1 is 1.24 bits per heavy atom. The Balaban J connectivity index is 2.50. The van der Waals surface area contributed by atoms with Gasteiger partial charge < -0.3 is 9.84 Å². The zero-order chi connectivity index (χ0) is 18.4. The highest BCUT2D eigenvalue weighted by Gasteiger charge is 2.14. The van der Waals surface area contributed by atoms with E-state index in [1.807, 2.05) is 32.9 Å². The number of aliphatic imine (C=N–C) groups is 2. The summed E-state index contributed by atoms with van der Waals surface area (Å²) in [5.74, 6) is 0.460. The summed E-state index contributed by atoms with van der Waals surface area (Å²) in [4.78, 5) is 9.04. The van der Waals surface area contributed by atoms with Gasteiger partial charge in [-0.2, -0.15) is 0 Å². The summed E-state index contributed by atoms with van der Waals surface area (Å²) in [5.41, 5.74) is 1.76. The van der Waals surface area contributed by atoms with Gasteiger partial charge in [0, 0.05) is 18.3 Å². The molecular formula is C20H23FN2O2. The molecule has 2 aromatic rings. The zero-order valence-electron chi connectivity index (χ0n) is 15.0. The van der Waals surface area contributed by atoms with Gasteiger partial charge in [0.1, 0.15) is 11.6 Å². The van der Waals surface area contributed by atoms with Crippen molar-refractivity contribution in [2.24, 2.45) is 9.98 Å². The molecule has 25 heavy (non-hydrogen) atoms. The molecule has 0 saturated heterocycles. The van der Waals surface area contributed by atoms with Crippen molar-refractivity contribution in [1.29, 1.82) is 0 Å². The van der Waals surface area contributed by atoms with Crippen molar-refractivity contribution in [3.8, 4) is 17.2 Å². The maximum atomic E-state index is 13.2. The van der Waals surface area contributed by atoms with Crippen LogP contribution in [0, 0.1) is 12.7 Å². The Morgan fingerprint density at radius 2 is 1.96 bits per heavy atom. The van der Waals surface area contributed by atoms with Crippen molar-refractivity contribution in [3.63, 3.8) is 0 Å². The number of amidine groups is 1. The lowest BCUT2D eigenvalue weighted by molar-refractivity contribution is 0.407. The van der Waals surface area contributed by atoms with Gasteiger partial charge in [-0.3, -0.25) is 4.99 Å². The summed E-state index contributed by atoms with van der Waals surface area (Å²) < 4.78 is 19.0. The minimum atomic E-state index is -0.524. The molecule has 4 nitrogen and oxygen atoms in total. The van der Waals surface area contributed by atoms with E-state index in [-0.39, 0.29) is 17.5 Å². The van der Waals surface area contributed by atoms with Gasteiger partial charge in [0.2, 0.25) is 0 Å². The van der Waals surface area contributed by atoms with E-state index in [0.29, 0.717) is 11.6 Å². The van der Waals surface area contributed by atoms with Crippen LogP contribution in [0.25, 0.3) is 0 Å². The van der Waals surface area contributed by atoms with Gasteiger partial charge in [-0.05, 0) is 51.5 Å². The number of halogens is 1. The molecule has 0 aliphatic carbocycles. The number of aryl methyl sites for hydroxylation is 1. The Kier molecular flexibility index (Phi) is 6.28. The number of nitrogens with zero attached hydrogens (tertiary/aromatic N) is 2. The van der Waals surface area contributed by atoms with E-state index in [1.165, 1.54) is 12.1 Å². The van der Waals surface area contributed by atoms with Crippen LogP contribution in [-0.4, -0.2) is 23.2 Å². The third kappa shape index (κ3) is 4.89. The number of hydrogen-bond donors (Lipinski definition) is 1. The van der Waals surface area contributed by atoms with Crippen molar-refractivity contribution >= 4 is 12.1 Å². The molecule has 0 fully saturated rings. The number of benzene rings is 2. The zero-order valence-corrected chi connectivity index (χ0v) is 15.0. The normalized spacial score (nSPS) is 13.2. The van der Waals surface area contributed by atoms with E-state index >= 15 is 0 Å². The molecule has 1 N–H and O–H groups in total. The van der Waals surface area contributed by atoms with E-state index < -0.39 is 5.82 Å². The van der Waals surface area contributed by atoms with Crippen LogP contribution in [0.4, 0.5) is 4.39 Å². The summed E-state index contributed by atoms with van der Waals surface area (Å²) in [6.07, 6.45) is 2.58. The van der Waals surface area contributed by atoms with Crippen LogP contribution in [0.2, 0.25) is 0 Å². The predicted octanol–water partition coefficient (Wildman–Crippen LogP) is 5.27. The van der Waals surface area contributed by atoms with Gasteiger partial charge in [-0.1, -0.05) is 18.6 Å². The number of phenols is 1. The second-order valence-electron chi connectivity index (χ2n) is 5.81. The minimum absolute atomic E-state index is 0.117. The summed E-state index contributed by atoms with van der Waals surface area (Å²) in [6, 6.07) is 9.39. The van der Waals surface area contributed by atoms with Crippen LogP contribution in [0.15, 0.2) is 46.4 Å². The van der Waals surface area contributed by atoms with Gasteiger partial charge in [0.25, 0.3) is 0 Å². The first-order valence-electron chi connectivity index (χ1n) is 8.28. The average molecular weight is 342 g/mol. The highest BCUT2D eigenvalue weighted by Crippen LogP contribution is 2.33. The van der Waals surface area contributed by atoms with Crippen LogP contribution in [-0.2, 0) is 0 Å². The predicted molar refractivity (Wildman–Crippen MR) is 99.8 cm³/mol. The molecule has 0 aliphatic heterocycles. The molecule has 2 rings (SSSR count). The lowest BCUT2D eigenvalue weighted by Gasteiger charge is -2.14. The van der Waals surface area contributed by atoms with E-state index in [4.69, 9.17) is 4.74 Å². The van der Waals surface area contributed by atoms with Crippen LogP contribution in [0.1, 0.15) is 38.3 Å². The molecule has 0 aromatic heterocycles. The van der Waals surface area contributed by atoms with Crippen LogP contribution >= 0.6 is 0 Å². The van der Waals surface area contributed by atoms with Gasteiger partial charge in [0.05, 0.1) is 5.56 Å². The molecule has 0 saturated carbocycles. The third-order valence-electron chi connectivity index (χ3n) is 3.70. The number of phenolic OH excluding ortho intramolecular Hbond substituents is 1. The van der Waals surface area contributed by atoms with E-state index in [0.717, 1.165) is 23.6 Å². The first-order chi connectivity index (χ1) is 11.9. The lowest BCUT2D eigenvalue weighted by atomic mass is 10.1. The molecule has 2 aromatic carbocycles. The molecule has 0 spiro atoms. The largest absolute Gasteiger partial charge is 0.504 e. The first-order valence-corrected chi connectivity index (χ1v) is 8.28. The maximum absolute atomic E-state index is 13.2. The molecule has 0 bridgehead atoms. The molecular weight excluding hydrogens is 319 g/mol. The lowest BCUT2D eigenvalue weighted by Crippen LogP contribution is -2.07. The fourth-order valence-electron chi connectivity index (χ4n) is 2.20. The Bertz CT molecular complexity index is 800. The number of ether oxygens (including phenoxy) is 1. The SMILES string of the molecule is CC=NC(=NC(C)CC)c1cc(C)ccc1Oc1ccc(F)cc1O. The highest BCUT2D eigenvalue weighted by molar-refractivity contribution is 6.05. The van der Waals surface area contributed by atoms with Gasteiger partial charge >= 0.3 is 0 Å². The van der Waals surface area contributed by atoms with E-state index in [1.54, 1.807) is 12.3 Å². The number of rotatable bonds is 5. The van der Waals surface area contributed by atoms with E-state index in [2.05, 4.69) is 16.9 Å². The summed E-state index contributed by atoms with van der Waals surface area (Å²) in [5, 5.41) is 9.90. The monoisotopic (exact) mass is 342 g/mol. The minimum Gasteiger partial charge on any atom is -0.504 e. The van der Waals surface area contributed by atoms with Crippen molar-refractivity contribution in [1.82, 2.24) is 0 Å². The molecule has 1 atom stereocenters. The molecule has 132 valence electrons. The molecule has 0 heterocycles. The smallest absolute Gasteiger partial charge is 0.169 e. The third-order valence-corrected chi connectivity index (χ3v) is 3.70. The summed E-state index contributed by atoms with van der Waals surface area (Å²) >= 11 is 0. The molecule has 0 radical (unpaired) electrons. The Hall–Kier alpha value is -2.69. The second-order valence-corrected chi connectivity index (χ2v) is 5.81. The second kappa shape index (κ2) is 8.42. The molecule has 0 amide bonds. The van der Waals surface area contributed by atoms with E-state index in [9.17, 15) is 9.50 Å². The van der Waals surface area contributed by atoms with Crippen LogP contribution in [0.3, 0.4) is 0 Å². The standard InChI is InChI=1S/C20H23FN2O2/c1-5-14(4)23-20(22-6-2)16-11-13(3)7-9-18(16)25-19-10-8-15(21)12-17(19)24/h6-12,14,24H,5H2,1-4H3. The van der Waals surface area contributed by atoms with Gasteiger partial charge in [-0.25, -0.2) is 9.38 Å². The Labute approximate surface area is 147 Å². The molecule has 1 unspecified atom stereocenters. The molecule has 0 aliphatic rings. The van der Waals surface area contributed by atoms with Crippen LogP contribution in [0.5, 0.6) is 17.2 Å². The number of hydrogen-bond acceptors (Lipinski definition) is 3. The quantitative estimate of drug-likeness (QED) is 0.594. The van der Waals surface area contributed by atoms with Gasteiger partial charge in [-0.15, -0.1) is 0 Å². The van der Waals surface area contributed by atoms with Crippen molar-refractivity contribution in [2.45, 2.75) is 40.2 Å². The van der Waals surface area contributed by atoms with Crippen molar-refractivity contribution < 1.29 is 14.2 Å². The maximum Gasteiger partial charge on any atom is 0.169 e. The highest BCUT2D eigenvalue weighted by atomic mass is 19.1. The van der Waals surface area contributed by atoms with Crippen molar-refractivity contribution in [2.75, 3.05) is 0 Å². The fourth-order valence-corrected chi connectivity index (χ4v) is 2.20. The first kappa shape index (κ1) is 18.6. The van der Waals surface area contributed by atoms with Crippen molar-refractivity contribution in [3.05, 3.63) is 53.3 Å². The Morgan fingerprint density at radius 3 is 2.60 bits per heavy atom. The summed E-state index contributed by atoms with van der Waals surface area (Å²) in [7, 11) is 0. The molecule has 5 heteroatoms. The fraction of sp³-hybridized carbons (Fsp3) is 0.300. The van der Waals surface area contributed by atoms with Gasteiger partial charge in [0.15, 0.2) is 17.3 Å². The number of aromatic hydroxyl groups is 1. The van der Waals surface area contributed by atoms with Crippen LogP contribution < -0.4 is 4.74 Å². The summed E-state index contributed by atoms with van der Waals surface area (Å²) in [6.45, 7) is 7.88.